The lowest BCUT2D eigenvalue weighted by Crippen LogP contribution is -2.35. The molecule has 0 unspecified atom stereocenters. The maximum Gasteiger partial charge on any atom is 0.414 e. The van der Waals surface area contributed by atoms with Gasteiger partial charge in [-0.05, 0) is 53.9 Å². The molecule has 0 aromatic heterocycles. The van der Waals surface area contributed by atoms with Crippen molar-refractivity contribution in [2.75, 3.05) is 19.8 Å². The Hall–Kier alpha value is -2.57. The van der Waals surface area contributed by atoms with E-state index in [1.165, 1.54) is 16.7 Å². The highest BCUT2D eigenvalue weighted by atomic mass is 16.6. The third-order valence-corrected chi connectivity index (χ3v) is 3.67. The van der Waals surface area contributed by atoms with Crippen molar-refractivity contribution in [3.8, 4) is 0 Å². The summed E-state index contributed by atoms with van der Waals surface area (Å²) >= 11 is 0. The first-order valence-corrected chi connectivity index (χ1v) is 9.56. The Labute approximate surface area is 167 Å². The minimum absolute atomic E-state index is 0.0984. The Bertz CT molecular complexity index is 634. The van der Waals surface area contributed by atoms with Gasteiger partial charge < -0.3 is 14.2 Å². The van der Waals surface area contributed by atoms with E-state index in [2.05, 4.69) is 18.2 Å². The Morgan fingerprint density at radius 3 is 2.14 bits per heavy atom. The lowest BCUT2D eigenvalue weighted by Gasteiger charge is -2.26. The first kappa shape index (κ1) is 23.5. The van der Waals surface area contributed by atoms with Crippen LogP contribution in [0.2, 0.25) is 0 Å². The minimum atomic E-state index is -0.839. The van der Waals surface area contributed by atoms with Crippen LogP contribution in [-0.2, 0) is 23.8 Å². The Kier molecular flexibility index (Phi) is 9.48. The first-order valence-electron chi connectivity index (χ1n) is 9.56. The van der Waals surface area contributed by atoms with E-state index in [4.69, 9.17) is 14.2 Å². The number of amides is 1. The summed E-state index contributed by atoms with van der Waals surface area (Å²) in [4.78, 5) is 38.3. The molecule has 156 valence electrons. The number of nitrogens with zero attached hydrogens (tertiary/aromatic N) is 1. The third kappa shape index (κ3) is 8.41. The lowest BCUT2D eigenvalue weighted by molar-refractivity contribution is -0.146. The molecule has 0 aromatic carbocycles. The van der Waals surface area contributed by atoms with Gasteiger partial charge in [-0.25, -0.2) is 14.4 Å². The predicted octanol–water partition coefficient (Wildman–Crippen LogP) is 3.90. The van der Waals surface area contributed by atoms with Crippen molar-refractivity contribution in [1.82, 2.24) is 4.90 Å². The topological polar surface area (TPSA) is 82.1 Å². The molecule has 7 nitrogen and oxygen atoms in total. The number of ether oxygens (including phenoxy) is 3. The number of carbonyl (C=O) groups is 3. The average molecular weight is 393 g/mol. The molecule has 0 atom stereocenters. The molecule has 0 spiro atoms. The molecule has 1 rings (SSSR count). The minimum Gasteiger partial charge on any atom is -0.462 e. The molecular formula is C21H31NO6. The molecule has 0 saturated heterocycles. The summed E-state index contributed by atoms with van der Waals surface area (Å²) < 4.78 is 15.3. The quantitative estimate of drug-likeness (QED) is 0.155. The lowest BCUT2D eigenvalue weighted by atomic mass is 10.0. The molecule has 0 aliphatic heterocycles. The van der Waals surface area contributed by atoms with E-state index in [0.29, 0.717) is 6.42 Å². The highest BCUT2D eigenvalue weighted by Gasteiger charge is 2.27. The number of hydrogen-bond donors (Lipinski definition) is 0. The number of hydrogen-bond acceptors (Lipinski definition) is 6. The zero-order valence-corrected chi connectivity index (χ0v) is 17.4. The Morgan fingerprint density at radius 2 is 1.68 bits per heavy atom. The van der Waals surface area contributed by atoms with Gasteiger partial charge in [-0.2, -0.15) is 0 Å². The molecular weight excluding hydrogens is 362 g/mol. The van der Waals surface area contributed by atoms with Crippen LogP contribution in [0.25, 0.3) is 0 Å². The van der Waals surface area contributed by atoms with Crippen molar-refractivity contribution in [3.05, 3.63) is 35.6 Å². The summed E-state index contributed by atoms with van der Waals surface area (Å²) in [5.74, 6) is -1.68. The fourth-order valence-electron chi connectivity index (χ4n) is 2.41. The summed E-state index contributed by atoms with van der Waals surface area (Å²) in [6.45, 7) is 8.97. The van der Waals surface area contributed by atoms with E-state index < -0.39 is 23.6 Å². The molecule has 0 N–H and O–H groups in total. The van der Waals surface area contributed by atoms with Crippen LogP contribution in [0.3, 0.4) is 0 Å². The standard InChI is InChI=1S/C21H31NO6/c1-6-26-18(23)17(19(24)27-7-2)15-22(20(25)28-21(3,4)5)14-13-16-11-9-8-10-12-16/h8-9,12,15H,6-7,10-11,13-14H2,1-5H3. The maximum absolute atomic E-state index is 12.6. The van der Waals surface area contributed by atoms with Gasteiger partial charge in [0.05, 0.1) is 13.2 Å². The highest BCUT2D eigenvalue weighted by Crippen LogP contribution is 2.18. The monoisotopic (exact) mass is 393 g/mol. The molecule has 1 aliphatic rings. The zero-order chi connectivity index (χ0) is 21.2. The van der Waals surface area contributed by atoms with Gasteiger partial charge in [-0.1, -0.05) is 23.8 Å². The Morgan fingerprint density at radius 1 is 1.07 bits per heavy atom. The van der Waals surface area contributed by atoms with Gasteiger partial charge in [-0.15, -0.1) is 0 Å². The number of rotatable bonds is 8. The van der Waals surface area contributed by atoms with Gasteiger partial charge in [0.15, 0.2) is 5.57 Å². The van der Waals surface area contributed by atoms with E-state index in [1.807, 2.05) is 0 Å². The van der Waals surface area contributed by atoms with E-state index >= 15 is 0 Å². The smallest absolute Gasteiger partial charge is 0.414 e. The molecule has 0 heterocycles. The third-order valence-electron chi connectivity index (χ3n) is 3.67. The van der Waals surface area contributed by atoms with Crippen molar-refractivity contribution >= 4 is 18.0 Å². The maximum atomic E-state index is 12.6. The number of allylic oxidation sites excluding steroid dienone is 3. The van der Waals surface area contributed by atoms with E-state index in [1.54, 1.807) is 34.6 Å². The molecule has 0 fully saturated rings. The van der Waals surface area contributed by atoms with Crippen LogP contribution in [-0.4, -0.2) is 48.3 Å². The zero-order valence-electron chi connectivity index (χ0n) is 17.4. The Balaban J connectivity index is 3.10. The SMILES string of the molecule is CCOC(=O)C(=CN(CCC1=CCC=CC1)C(=O)OC(C)(C)C)C(=O)OCC. The van der Waals surface area contributed by atoms with Gasteiger partial charge in [0, 0.05) is 12.7 Å². The second-order valence-corrected chi connectivity index (χ2v) is 7.18. The normalized spacial score (nSPS) is 13.2. The van der Waals surface area contributed by atoms with Crippen LogP contribution in [0.1, 0.15) is 53.9 Å². The number of carbonyl (C=O) groups excluding carboxylic acids is 3. The molecule has 0 bridgehead atoms. The van der Waals surface area contributed by atoms with Gasteiger partial charge in [-0.3, -0.25) is 4.90 Å². The fourth-order valence-corrected chi connectivity index (χ4v) is 2.41. The van der Waals surface area contributed by atoms with Crippen LogP contribution >= 0.6 is 0 Å². The second kappa shape index (κ2) is 11.3. The fraction of sp³-hybridized carbons (Fsp3) is 0.571. The molecule has 0 saturated carbocycles. The van der Waals surface area contributed by atoms with Crippen molar-refractivity contribution in [3.63, 3.8) is 0 Å². The van der Waals surface area contributed by atoms with Crippen molar-refractivity contribution in [2.24, 2.45) is 0 Å². The number of esters is 2. The molecule has 0 aromatic rings. The molecule has 7 heteroatoms. The van der Waals surface area contributed by atoms with Crippen LogP contribution in [0.4, 0.5) is 4.79 Å². The molecule has 28 heavy (non-hydrogen) atoms. The van der Waals surface area contributed by atoms with E-state index in [-0.39, 0.29) is 25.3 Å². The van der Waals surface area contributed by atoms with Crippen LogP contribution < -0.4 is 0 Å². The van der Waals surface area contributed by atoms with Gasteiger partial charge in [0.25, 0.3) is 0 Å². The summed E-state index contributed by atoms with van der Waals surface area (Å²) in [5, 5.41) is 0. The van der Waals surface area contributed by atoms with Crippen LogP contribution in [0, 0.1) is 0 Å². The van der Waals surface area contributed by atoms with Crippen molar-refractivity contribution in [1.29, 1.82) is 0 Å². The highest BCUT2D eigenvalue weighted by molar-refractivity contribution is 6.14. The van der Waals surface area contributed by atoms with Crippen molar-refractivity contribution in [2.45, 2.75) is 59.5 Å². The predicted molar refractivity (Wildman–Crippen MR) is 105 cm³/mol. The summed E-state index contributed by atoms with van der Waals surface area (Å²) in [6, 6.07) is 0. The first-order chi connectivity index (χ1) is 13.2. The summed E-state index contributed by atoms with van der Waals surface area (Å²) in [7, 11) is 0. The summed E-state index contributed by atoms with van der Waals surface area (Å²) in [6.07, 6.45) is 9.05. The van der Waals surface area contributed by atoms with Crippen LogP contribution in [0.5, 0.6) is 0 Å². The second-order valence-electron chi connectivity index (χ2n) is 7.18. The van der Waals surface area contributed by atoms with E-state index in [9.17, 15) is 14.4 Å². The van der Waals surface area contributed by atoms with Crippen molar-refractivity contribution < 1.29 is 28.6 Å². The van der Waals surface area contributed by atoms with Crippen LogP contribution in [0.15, 0.2) is 35.6 Å². The van der Waals surface area contributed by atoms with Gasteiger partial charge in [0.2, 0.25) is 0 Å². The van der Waals surface area contributed by atoms with Gasteiger partial charge in [0.1, 0.15) is 5.60 Å². The average Bonchev–Trinajstić information content (AvgIpc) is 2.61. The molecule has 0 radical (unpaired) electrons. The largest absolute Gasteiger partial charge is 0.462 e. The summed E-state index contributed by atoms with van der Waals surface area (Å²) in [5.41, 5.74) is 0.120. The molecule has 1 aliphatic carbocycles. The molecule has 1 amide bonds. The van der Waals surface area contributed by atoms with Gasteiger partial charge >= 0.3 is 18.0 Å². The van der Waals surface area contributed by atoms with E-state index in [0.717, 1.165) is 12.8 Å².